The summed E-state index contributed by atoms with van der Waals surface area (Å²) in [7, 11) is 0. The number of hydrogen-bond donors (Lipinski definition) is 1. The molecule has 100 valence electrons. The lowest BCUT2D eigenvalue weighted by atomic mass is 9.84. The lowest BCUT2D eigenvalue weighted by molar-refractivity contribution is 0.328. The molecule has 2 aromatic carbocycles. The summed E-state index contributed by atoms with van der Waals surface area (Å²) in [6, 6.07) is 15.8. The van der Waals surface area contributed by atoms with E-state index >= 15 is 0 Å². The summed E-state index contributed by atoms with van der Waals surface area (Å²) in [5, 5.41) is 6.42. The van der Waals surface area contributed by atoms with Crippen molar-refractivity contribution in [3.63, 3.8) is 0 Å². The fourth-order valence-corrected chi connectivity index (χ4v) is 3.35. The van der Waals surface area contributed by atoms with Gasteiger partial charge in [-0.1, -0.05) is 55.7 Å². The van der Waals surface area contributed by atoms with Gasteiger partial charge in [-0.15, -0.1) is 0 Å². The Kier molecular flexibility index (Phi) is 3.72. The molecule has 0 spiro atoms. The van der Waals surface area contributed by atoms with Gasteiger partial charge in [-0.25, -0.2) is 0 Å². The van der Waals surface area contributed by atoms with Gasteiger partial charge in [0, 0.05) is 17.1 Å². The van der Waals surface area contributed by atoms with Crippen LogP contribution in [-0.4, -0.2) is 6.04 Å². The predicted octanol–water partition coefficient (Wildman–Crippen LogP) is 5.22. The summed E-state index contributed by atoms with van der Waals surface area (Å²) in [5.74, 6) is 0.840. The van der Waals surface area contributed by atoms with Crippen molar-refractivity contribution >= 4 is 16.5 Å². The number of anilines is 1. The molecule has 0 heterocycles. The van der Waals surface area contributed by atoms with E-state index in [9.17, 15) is 0 Å². The fraction of sp³-hybridized carbons (Fsp3) is 0.444. The molecule has 3 rings (SSSR count). The molecule has 0 amide bonds. The van der Waals surface area contributed by atoms with Gasteiger partial charge in [-0.2, -0.15) is 0 Å². The van der Waals surface area contributed by atoms with Crippen LogP contribution >= 0.6 is 0 Å². The molecule has 1 unspecified atom stereocenters. The SMILES string of the molecule is CC(Nc1cccc2ccccc12)C1CCCCC1. The summed E-state index contributed by atoms with van der Waals surface area (Å²) in [6.07, 6.45) is 7.02. The largest absolute Gasteiger partial charge is 0.382 e. The molecule has 0 radical (unpaired) electrons. The van der Waals surface area contributed by atoms with E-state index in [1.807, 2.05) is 0 Å². The van der Waals surface area contributed by atoms with Crippen molar-refractivity contribution in [2.75, 3.05) is 5.32 Å². The van der Waals surface area contributed by atoms with Crippen LogP contribution < -0.4 is 5.32 Å². The van der Waals surface area contributed by atoms with Crippen LogP contribution in [0.25, 0.3) is 10.8 Å². The van der Waals surface area contributed by atoms with Gasteiger partial charge < -0.3 is 5.32 Å². The van der Waals surface area contributed by atoms with Crippen LogP contribution in [0, 0.1) is 5.92 Å². The van der Waals surface area contributed by atoms with Crippen LogP contribution in [0.15, 0.2) is 42.5 Å². The van der Waals surface area contributed by atoms with Crippen molar-refractivity contribution in [3.8, 4) is 0 Å². The van der Waals surface area contributed by atoms with Crippen molar-refractivity contribution in [1.82, 2.24) is 0 Å². The van der Waals surface area contributed by atoms with Crippen molar-refractivity contribution in [2.24, 2.45) is 5.92 Å². The maximum Gasteiger partial charge on any atom is 0.0422 e. The molecule has 1 N–H and O–H groups in total. The Hall–Kier alpha value is -1.50. The van der Waals surface area contributed by atoms with E-state index in [-0.39, 0.29) is 0 Å². The van der Waals surface area contributed by atoms with Gasteiger partial charge in [-0.05, 0) is 37.1 Å². The Morgan fingerprint density at radius 2 is 1.68 bits per heavy atom. The van der Waals surface area contributed by atoms with Crippen molar-refractivity contribution in [1.29, 1.82) is 0 Å². The van der Waals surface area contributed by atoms with Crippen LogP contribution in [0.1, 0.15) is 39.0 Å². The maximum atomic E-state index is 3.75. The highest BCUT2D eigenvalue weighted by molar-refractivity contribution is 5.93. The van der Waals surface area contributed by atoms with Gasteiger partial charge in [0.1, 0.15) is 0 Å². The second-order valence-corrected chi connectivity index (χ2v) is 5.86. The van der Waals surface area contributed by atoms with Crippen LogP contribution in [0.2, 0.25) is 0 Å². The minimum absolute atomic E-state index is 0.575. The van der Waals surface area contributed by atoms with Crippen LogP contribution in [0.5, 0.6) is 0 Å². The van der Waals surface area contributed by atoms with Crippen molar-refractivity contribution < 1.29 is 0 Å². The molecule has 2 aromatic rings. The Bertz CT molecular complexity index is 535. The highest BCUT2D eigenvalue weighted by atomic mass is 14.9. The smallest absolute Gasteiger partial charge is 0.0422 e. The second kappa shape index (κ2) is 5.64. The third-order valence-corrected chi connectivity index (χ3v) is 4.53. The van der Waals surface area contributed by atoms with Gasteiger partial charge in [-0.3, -0.25) is 0 Å². The Labute approximate surface area is 116 Å². The highest BCUT2D eigenvalue weighted by Crippen LogP contribution is 2.30. The molecular weight excluding hydrogens is 230 g/mol. The molecule has 1 nitrogen and oxygen atoms in total. The molecule has 0 aromatic heterocycles. The lowest BCUT2D eigenvalue weighted by Gasteiger charge is -2.29. The summed E-state index contributed by atoms with van der Waals surface area (Å²) >= 11 is 0. The van der Waals surface area contributed by atoms with Crippen LogP contribution in [0.4, 0.5) is 5.69 Å². The fourth-order valence-electron chi connectivity index (χ4n) is 3.35. The van der Waals surface area contributed by atoms with Crippen LogP contribution in [0.3, 0.4) is 0 Å². The molecule has 0 aliphatic heterocycles. The monoisotopic (exact) mass is 253 g/mol. The molecule has 19 heavy (non-hydrogen) atoms. The first-order valence-corrected chi connectivity index (χ1v) is 7.59. The minimum atomic E-state index is 0.575. The van der Waals surface area contributed by atoms with Crippen molar-refractivity contribution in [3.05, 3.63) is 42.5 Å². The van der Waals surface area contributed by atoms with Gasteiger partial charge >= 0.3 is 0 Å². The summed E-state index contributed by atoms with van der Waals surface area (Å²) in [5.41, 5.74) is 1.29. The zero-order valence-electron chi connectivity index (χ0n) is 11.7. The zero-order valence-corrected chi connectivity index (χ0v) is 11.7. The average molecular weight is 253 g/mol. The molecule has 1 heteroatoms. The first-order valence-electron chi connectivity index (χ1n) is 7.59. The number of rotatable bonds is 3. The third kappa shape index (κ3) is 2.75. The topological polar surface area (TPSA) is 12.0 Å². The first kappa shape index (κ1) is 12.5. The second-order valence-electron chi connectivity index (χ2n) is 5.86. The summed E-state index contributed by atoms with van der Waals surface area (Å²) in [4.78, 5) is 0. The zero-order chi connectivity index (χ0) is 13.1. The van der Waals surface area contributed by atoms with Gasteiger partial charge in [0.15, 0.2) is 0 Å². The Balaban J connectivity index is 1.80. The summed E-state index contributed by atoms with van der Waals surface area (Å²) < 4.78 is 0. The maximum absolute atomic E-state index is 3.75. The lowest BCUT2D eigenvalue weighted by Crippen LogP contribution is -2.27. The average Bonchev–Trinajstić information content (AvgIpc) is 2.48. The van der Waals surface area contributed by atoms with E-state index in [0.717, 1.165) is 5.92 Å². The van der Waals surface area contributed by atoms with E-state index in [0.29, 0.717) is 6.04 Å². The van der Waals surface area contributed by atoms with E-state index in [4.69, 9.17) is 0 Å². The molecule has 1 fully saturated rings. The molecule has 1 saturated carbocycles. The normalized spacial score (nSPS) is 18.4. The minimum Gasteiger partial charge on any atom is -0.382 e. The first-order chi connectivity index (χ1) is 9.34. The molecular formula is C18H23N. The molecule has 1 aliphatic rings. The van der Waals surface area contributed by atoms with E-state index in [1.54, 1.807) is 0 Å². The Morgan fingerprint density at radius 1 is 0.947 bits per heavy atom. The summed E-state index contributed by atoms with van der Waals surface area (Å²) in [6.45, 7) is 2.35. The van der Waals surface area contributed by atoms with Gasteiger partial charge in [0.25, 0.3) is 0 Å². The third-order valence-electron chi connectivity index (χ3n) is 4.53. The van der Waals surface area contributed by atoms with Crippen LogP contribution in [-0.2, 0) is 0 Å². The molecule has 0 saturated heterocycles. The molecule has 1 aliphatic carbocycles. The van der Waals surface area contributed by atoms with Gasteiger partial charge in [0.05, 0.1) is 0 Å². The number of fused-ring (bicyclic) bond motifs is 1. The number of hydrogen-bond acceptors (Lipinski definition) is 1. The van der Waals surface area contributed by atoms with E-state index in [2.05, 4.69) is 54.7 Å². The van der Waals surface area contributed by atoms with Gasteiger partial charge in [0.2, 0.25) is 0 Å². The standard InChI is InChI=1S/C18H23N/c1-14(15-8-3-2-4-9-15)19-18-13-7-11-16-10-5-6-12-17(16)18/h5-7,10-15,19H,2-4,8-9H2,1H3. The molecule has 1 atom stereocenters. The number of nitrogens with one attached hydrogen (secondary N) is 1. The Morgan fingerprint density at radius 3 is 2.53 bits per heavy atom. The molecule has 0 bridgehead atoms. The highest BCUT2D eigenvalue weighted by Gasteiger charge is 2.20. The predicted molar refractivity (Wildman–Crippen MR) is 83.6 cm³/mol. The quantitative estimate of drug-likeness (QED) is 0.790. The van der Waals surface area contributed by atoms with E-state index < -0.39 is 0 Å². The van der Waals surface area contributed by atoms with E-state index in [1.165, 1.54) is 48.6 Å². The van der Waals surface area contributed by atoms with Crippen molar-refractivity contribution in [2.45, 2.75) is 45.1 Å². The number of benzene rings is 2.